The number of fused-ring (bicyclic) bond motifs is 2. The van der Waals surface area contributed by atoms with Crippen LogP contribution in [0.2, 0.25) is 0 Å². The Kier molecular flexibility index (Phi) is 5.75. The van der Waals surface area contributed by atoms with Crippen molar-refractivity contribution in [3.05, 3.63) is 65.3 Å². The van der Waals surface area contributed by atoms with E-state index in [1.807, 2.05) is 30.5 Å². The molecule has 7 rings (SSSR count). The number of Topliss-reactive ketones (excluding diaryl/α,β-unsaturated/α-hetero) is 1. The second-order valence-electron chi connectivity index (χ2n) is 9.71. The summed E-state index contributed by atoms with van der Waals surface area (Å²) >= 11 is 1.41. The van der Waals surface area contributed by atoms with E-state index in [1.165, 1.54) is 30.4 Å². The zero-order valence-electron chi connectivity index (χ0n) is 21.0. The van der Waals surface area contributed by atoms with Gasteiger partial charge in [-0.05, 0) is 62.7 Å². The average molecular weight is 539 g/mol. The number of thiophene rings is 1. The number of ketones is 1. The summed E-state index contributed by atoms with van der Waals surface area (Å²) in [6, 6.07) is 7.56. The number of carbonyl (C=O) groups excluding carboxylic acids is 1. The van der Waals surface area contributed by atoms with Crippen LogP contribution in [0.1, 0.15) is 35.0 Å². The van der Waals surface area contributed by atoms with Crippen molar-refractivity contribution >= 4 is 39.3 Å². The van der Waals surface area contributed by atoms with Gasteiger partial charge >= 0.3 is 0 Å². The van der Waals surface area contributed by atoms with Crippen molar-refractivity contribution in [1.29, 1.82) is 0 Å². The Morgan fingerprint density at radius 2 is 1.95 bits per heavy atom. The Bertz CT molecular complexity index is 1870. The molecule has 7 heterocycles. The normalized spacial score (nSPS) is 14.1. The van der Waals surface area contributed by atoms with Crippen LogP contribution < -0.4 is 0 Å². The minimum atomic E-state index is -0.443. The number of rotatable bonds is 6. The molecule has 0 radical (unpaired) electrons. The summed E-state index contributed by atoms with van der Waals surface area (Å²) in [7, 11) is 0. The number of nitrogens with one attached hydrogen (secondary N) is 2. The third-order valence-corrected chi connectivity index (χ3v) is 8.30. The Labute approximate surface area is 226 Å². The number of aromatic amines is 2. The monoisotopic (exact) mass is 538 g/mol. The molecule has 1 fully saturated rings. The number of likely N-dealkylation sites (tertiary alicyclic amines) is 1. The maximum atomic E-state index is 16.1. The van der Waals surface area contributed by atoms with Crippen molar-refractivity contribution in [3.8, 4) is 33.1 Å². The molecule has 39 heavy (non-hydrogen) atoms. The van der Waals surface area contributed by atoms with Crippen molar-refractivity contribution in [2.75, 3.05) is 13.1 Å². The molecule has 0 amide bonds. The molecule has 0 aliphatic carbocycles. The van der Waals surface area contributed by atoms with E-state index < -0.39 is 5.82 Å². The van der Waals surface area contributed by atoms with Crippen LogP contribution in [0, 0.1) is 5.82 Å². The molecular weight excluding hydrogens is 515 g/mol. The lowest BCUT2D eigenvalue weighted by Gasteiger charge is -2.15. The first-order valence-corrected chi connectivity index (χ1v) is 13.5. The lowest BCUT2D eigenvalue weighted by Crippen LogP contribution is -2.18. The van der Waals surface area contributed by atoms with E-state index in [-0.39, 0.29) is 16.8 Å². The van der Waals surface area contributed by atoms with E-state index in [1.54, 1.807) is 19.3 Å². The topological polar surface area (TPSA) is 116 Å². The summed E-state index contributed by atoms with van der Waals surface area (Å²) in [6.07, 6.45) is 9.08. The molecule has 0 bridgehead atoms. The highest BCUT2D eigenvalue weighted by Gasteiger charge is 2.22. The number of halogens is 1. The van der Waals surface area contributed by atoms with E-state index in [4.69, 9.17) is 0 Å². The lowest BCUT2D eigenvalue weighted by molar-refractivity contribution is 0.102. The van der Waals surface area contributed by atoms with Gasteiger partial charge in [0, 0.05) is 52.9 Å². The molecule has 11 heteroatoms. The zero-order valence-corrected chi connectivity index (χ0v) is 21.8. The number of H-pyrrole nitrogens is 2. The van der Waals surface area contributed by atoms with Crippen LogP contribution in [0.25, 0.3) is 55.3 Å². The summed E-state index contributed by atoms with van der Waals surface area (Å²) in [5, 5.41) is 7.39. The summed E-state index contributed by atoms with van der Waals surface area (Å²) in [6.45, 7) is 4.49. The Hall–Kier alpha value is -4.35. The SMILES string of the molecule is CC(=O)c1ccc(-c2ccnc3nc(-c4[nH]nc5ncc(-c6cncc(CN7CCCC7)c6)c(F)c45)[nH]c23)s1. The van der Waals surface area contributed by atoms with E-state index in [0.29, 0.717) is 38.7 Å². The standard InChI is InChI=1S/C28H23FN8OS/c1-15(38)20-4-5-21(39-20)18-6-7-31-27-24(18)33-28(34-27)25-22-23(29)19(13-32-26(22)36-35-25)17-10-16(11-30-12-17)14-37-8-2-3-9-37/h4-7,10-13H,2-3,8-9,14H2,1H3,(H,31,33,34)(H,32,35,36). The molecule has 0 aromatic carbocycles. The summed E-state index contributed by atoms with van der Waals surface area (Å²) < 4.78 is 16.1. The number of pyridine rings is 3. The highest BCUT2D eigenvalue weighted by Crippen LogP contribution is 2.36. The molecule has 194 valence electrons. The molecule has 6 aromatic heterocycles. The molecule has 2 N–H and O–H groups in total. The highest BCUT2D eigenvalue weighted by molar-refractivity contribution is 7.17. The minimum absolute atomic E-state index is 0.0151. The third-order valence-electron chi connectivity index (χ3n) is 7.08. The maximum absolute atomic E-state index is 16.1. The summed E-state index contributed by atoms with van der Waals surface area (Å²) in [5.74, 6) is -0.0298. The quantitative estimate of drug-likeness (QED) is 0.264. The molecule has 6 aromatic rings. The summed E-state index contributed by atoms with van der Waals surface area (Å²) in [5.41, 5.74) is 4.73. The van der Waals surface area contributed by atoms with Crippen LogP contribution in [0.3, 0.4) is 0 Å². The molecule has 0 saturated carbocycles. The second-order valence-corrected chi connectivity index (χ2v) is 10.8. The molecular formula is C28H23FN8OS. The number of hydrogen-bond acceptors (Lipinski definition) is 8. The van der Waals surface area contributed by atoms with Crippen molar-refractivity contribution in [2.24, 2.45) is 0 Å². The van der Waals surface area contributed by atoms with Crippen molar-refractivity contribution in [3.63, 3.8) is 0 Å². The molecule has 9 nitrogen and oxygen atoms in total. The third kappa shape index (κ3) is 4.19. The summed E-state index contributed by atoms with van der Waals surface area (Å²) in [4.78, 5) is 36.9. The van der Waals surface area contributed by atoms with Crippen molar-refractivity contribution in [1.82, 2.24) is 40.0 Å². The second kappa shape index (κ2) is 9.44. The van der Waals surface area contributed by atoms with E-state index in [0.717, 1.165) is 35.6 Å². The molecule has 0 atom stereocenters. The van der Waals surface area contributed by atoms with Gasteiger partial charge in [0.2, 0.25) is 0 Å². The smallest absolute Gasteiger partial charge is 0.184 e. The molecule has 0 unspecified atom stereocenters. The highest BCUT2D eigenvalue weighted by atomic mass is 32.1. The first kappa shape index (κ1) is 23.7. The fraction of sp³-hybridized carbons (Fsp3) is 0.214. The van der Waals surface area contributed by atoms with Gasteiger partial charge in [-0.25, -0.2) is 19.3 Å². The van der Waals surface area contributed by atoms with Gasteiger partial charge in [-0.1, -0.05) is 0 Å². The van der Waals surface area contributed by atoms with Gasteiger partial charge in [0.1, 0.15) is 11.5 Å². The number of imidazole rings is 1. The predicted molar refractivity (Wildman–Crippen MR) is 148 cm³/mol. The Morgan fingerprint density at radius 1 is 1.08 bits per heavy atom. The maximum Gasteiger partial charge on any atom is 0.184 e. The Morgan fingerprint density at radius 3 is 2.77 bits per heavy atom. The molecule has 1 saturated heterocycles. The number of carbonyl (C=O) groups is 1. The molecule has 1 aliphatic heterocycles. The van der Waals surface area contributed by atoms with Crippen LogP contribution in [-0.2, 0) is 6.54 Å². The van der Waals surface area contributed by atoms with E-state index in [9.17, 15) is 4.79 Å². The zero-order chi connectivity index (χ0) is 26.5. The van der Waals surface area contributed by atoms with Crippen LogP contribution in [0.5, 0.6) is 0 Å². The Balaban J connectivity index is 1.30. The number of aromatic nitrogens is 7. The van der Waals surface area contributed by atoms with E-state index in [2.05, 4.69) is 40.0 Å². The molecule has 0 spiro atoms. The van der Waals surface area contributed by atoms with Crippen LogP contribution in [-0.4, -0.2) is 58.9 Å². The van der Waals surface area contributed by atoms with Gasteiger partial charge in [0.15, 0.2) is 22.9 Å². The van der Waals surface area contributed by atoms with Crippen molar-refractivity contribution < 1.29 is 9.18 Å². The van der Waals surface area contributed by atoms with E-state index >= 15 is 4.39 Å². The lowest BCUT2D eigenvalue weighted by atomic mass is 10.0. The average Bonchev–Trinajstić information content (AvgIpc) is 3.74. The van der Waals surface area contributed by atoms with Crippen molar-refractivity contribution in [2.45, 2.75) is 26.3 Å². The van der Waals surface area contributed by atoms with Gasteiger partial charge in [-0.2, -0.15) is 5.10 Å². The van der Waals surface area contributed by atoms with Gasteiger partial charge in [0.05, 0.1) is 15.8 Å². The van der Waals surface area contributed by atoms with Gasteiger partial charge in [0.25, 0.3) is 0 Å². The van der Waals surface area contributed by atoms with Crippen LogP contribution >= 0.6 is 11.3 Å². The first-order chi connectivity index (χ1) is 19.0. The van der Waals surface area contributed by atoms with Gasteiger partial charge in [-0.3, -0.25) is 19.8 Å². The molecule has 1 aliphatic rings. The largest absolute Gasteiger partial charge is 0.335 e. The van der Waals surface area contributed by atoms with Crippen LogP contribution in [0.15, 0.2) is 49.1 Å². The fourth-order valence-corrected chi connectivity index (χ4v) is 6.08. The number of nitrogens with zero attached hydrogens (tertiary/aromatic N) is 6. The number of hydrogen-bond donors (Lipinski definition) is 2. The fourth-order valence-electron chi connectivity index (χ4n) is 5.15. The van der Waals surface area contributed by atoms with Gasteiger partial charge < -0.3 is 4.98 Å². The van der Waals surface area contributed by atoms with Crippen LogP contribution in [0.4, 0.5) is 4.39 Å². The predicted octanol–water partition coefficient (Wildman–Crippen LogP) is 5.62. The first-order valence-electron chi connectivity index (χ1n) is 12.7. The minimum Gasteiger partial charge on any atom is -0.335 e. The van der Waals surface area contributed by atoms with Gasteiger partial charge in [-0.15, -0.1) is 11.3 Å².